The molecule has 1 amide bonds. The minimum Gasteiger partial charge on any atom is -0.466 e. The van der Waals surface area contributed by atoms with Crippen molar-refractivity contribution in [1.29, 1.82) is 0 Å². The van der Waals surface area contributed by atoms with Crippen LogP contribution in [0, 0.1) is 0 Å². The molecule has 0 aliphatic rings. The number of hydrogen-bond donors (Lipinski definition) is 0. The van der Waals surface area contributed by atoms with E-state index in [1.807, 2.05) is 13.8 Å². The maximum Gasteiger partial charge on any atom is 0.307 e. The average molecular weight is 231 g/mol. The molecule has 0 bridgehead atoms. The summed E-state index contributed by atoms with van der Waals surface area (Å²) in [7, 11) is 1.64. The van der Waals surface area contributed by atoms with E-state index in [-0.39, 0.29) is 31.0 Å². The lowest BCUT2D eigenvalue weighted by Gasteiger charge is -2.17. The summed E-state index contributed by atoms with van der Waals surface area (Å²) < 4.78 is 9.93. The topological polar surface area (TPSA) is 55.8 Å². The molecule has 0 N–H and O–H groups in total. The fourth-order valence-electron chi connectivity index (χ4n) is 0.965. The van der Waals surface area contributed by atoms with Gasteiger partial charge in [-0.05, 0) is 20.8 Å². The lowest BCUT2D eigenvalue weighted by Crippen LogP contribution is -2.33. The number of esters is 1. The van der Waals surface area contributed by atoms with Crippen molar-refractivity contribution in [3.8, 4) is 0 Å². The molecule has 0 saturated carbocycles. The van der Waals surface area contributed by atoms with Crippen molar-refractivity contribution in [2.75, 3.05) is 26.8 Å². The Bertz CT molecular complexity index is 228. The van der Waals surface area contributed by atoms with E-state index in [0.29, 0.717) is 13.2 Å². The minimum absolute atomic E-state index is 0.0300. The van der Waals surface area contributed by atoms with Crippen molar-refractivity contribution >= 4 is 11.9 Å². The Morgan fingerprint density at radius 1 is 1.31 bits per heavy atom. The molecule has 0 aliphatic heterocycles. The lowest BCUT2D eigenvalue weighted by atomic mass is 10.4. The quantitative estimate of drug-likeness (QED) is 0.609. The van der Waals surface area contributed by atoms with Gasteiger partial charge in [-0.15, -0.1) is 0 Å². The second-order valence-corrected chi connectivity index (χ2v) is 3.73. The number of hydrogen-bond acceptors (Lipinski definition) is 4. The monoisotopic (exact) mass is 231 g/mol. The first-order chi connectivity index (χ1) is 7.47. The van der Waals surface area contributed by atoms with Gasteiger partial charge in [-0.1, -0.05) is 0 Å². The molecule has 0 aliphatic carbocycles. The highest BCUT2D eigenvalue weighted by molar-refractivity contribution is 5.78. The Kier molecular flexibility index (Phi) is 7.54. The van der Waals surface area contributed by atoms with E-state index >= 15 is 0 Å². The van der Waals surface area contributed by atoms with Crippen LogP contribution < -0.4 is 0 Å². The second kappa shape index (κ2) is 8.10. The predicted octanol–water partition coefficient (Wildman–Crippen LogP) is 0.823. The highest BCUT2D eigenvalue weighted by Gasteiger charge is 2.11. The van der Waals surface area contributed by atoms with Crippen LogP contribution in [0.4, 0.5) is 0 Å². The lowest BCUT2D eigenvalue weighted by molar-refractivity contribution is -0.144. The molecule has 0 saturated heterocycles. The molecule has 0 aromatic heterocycles. The molecular weight excluding hydrogens is 210 g/mol. The Labute approximate surface area is 96.7 Å². The van der Waals surface area contributed by atoms with E-state index in [1.54, 1.807) is 14.0 Å². The summed E-state index contributed by atoms with van der Waals surface area (Å²) in [5, 5.41) is 0. The van der Waals surface area contributed by atoms with Crippen LogP contribution in [0.2, 0.25) is 0 Å². The van der Waals surface area contributed by atoms with Crippen LogP contribution in [-0.4, -0.2) is 49.7 Å². The van der Waals surface area contributed by atoms with Gasteiger partial charge in [0.25, 0.3) is 0 Å². The van der Waals surface area contributed by atoms with Crippen molar-refractivity contribution < 1.29 is 19.1 Å². The van der Waals surface area contributed by atoms with E-state index in [4.69, 9.17) is 9.47 Å². The zero-order chi connectivity index (χ0) is 12.6. The third-order valence-electron chi connectivity index (χ3n) is 1.92. The second-order valence-electron chi connectivity index (χ2n) is 3.73. The Balaban J connectivity index is 3.74. The number of rotatable bonds is 7. The van der Waals surface area contributed by atoms with Crippen LogP contribution in [-0.2, 0) is 19.1 Å². The van der Waals surface area contributed by atoms with Crippen molar-refractivity contribution in [3.63, 3.8) is 0 Å². The van der Waals surface area contributed by atoms with E-state index in [1.165, 1.54) is 4.90 Å². The molecule has 0 unspecified atom stereocenters. The van der Waals surface area contributed by atoms with Crippen LogP contribution >= 0.6 is 0 Å². The van der Waals surface area contributed by atoms with Crippen LogP contribution in [0.3, 0.4) is 0 Å². The van der Waals surface area contributed by atoms with Gasteiger partial charge in [0.15, 0.2) is 0 Å². The van der Waals surface area contributed by atoms with Gasteiger partial charge in [0, 0.05) is 13.6 Å². The SMILES string of the molecule is CCOC(=O)CCN(C)C(=O)COC(C)C. The standard InChI is InChI=1S/C11H21NO4/c1-5-15-11(14)6-7-12(4)10(13)8-16-9(2)3/h9H,5-8H2,1-4H3. The third kappa shape index (κ3) is 7.23. The normalized spacial score (nSPS) is 10.3. The van der Waals surface area contributed by atoms with Gasteiger partial charge in [0.1, 0.15) is 6.61 Å². The Hall–Kier alpha value is -1.10. The van der Waals surface area contributed by atoms with Crippen LogP contribution in [0.25, 0.3) is 0 Å². The summed E-state index contributed by atoms with van der Waals surface area (Å²) in [5.74, 6) is -0.412. The van der Waals surface area contributed by atoms with Gasteiger partial charge in [0.2, 0.25) is 5.91 Å². The first-order valence-corrected chi connectivity index (χ1v) is 5.48. The molecule has 5 nitrogen and oxygen atoms in total. The largest absolute Gasteiger partial charge is 0.466 e. The first kappa shape index (κ1) is 14.9. The summed E-state index contributed by atoms with van der Waals surface area (Å²) in [6.45, 7) is 6.27. The molecule has 0 fully saturated rings. The molecule has 0 aromatic rings. The third-order valence-corrected chi connectivity index (χ3v) is 1.92. The van der Waals surface area contributed by atoms with Gasteiger partial charge in [-0.3, -0.25) is 9.59 Å². The van der Waals surface area contributed by atoms with E-state index in [2.05, 4.69) is 0 Å². The summed E-state index contributed by atoms with van der Waals surface area (Å²) in [6.07, 6.45) is 0.250. The molecule has 0 rings (SSSR count). The molecule has 0 heterocycles. The summed E-state index contributed by atoms with van der Waals surface area (Å²) in [4.78, 5) is 24.0. The Morgan fingerprint density at radius 2 is 1.94 bits per heavy atom. The zero-order valence-electron chi connectivity index (χ0n) is 10.5. The van der Waals surface area contributed by atoms with Crippen molar-refractivity contribution in [3.05, 3.63) is 0 Å². The van der Waals surface area contributed by atoms with E-state index in [0.717, 1.165) is 0 Å². The molecule has 0 radical (unpaired) electrons. The molecule has 94 valence electrons. The van der Waals surface area contributed by atoms with Gasteiger partial charge in [-0.2, -0.15) is 0 Å². The van der Waals surface area contributed by atoms with Gasteiger partial charge < -0.3 is 14.4 Å². The van der Waals surface area contributed by atoms with Crippen LogP contribution in [0.1, 0.15) is 27.2 Å². The summed E-state index contributed by atoms with van der Waals surface area (Å²) in [6, 6.07) is 0. The van der Waals surface area contributed by atoms with Gasteiger partial charge >= 0.3 is 5.97 Å². The van der Waals surface area contributed by atoms with Crippen LogP contribution in [0.5, 0.6) is 0 Å². The molecule has 5 heteroatoms. The average Bonchev–Trinajstić information content (AvgIpc) is 2.22. The molecule has 16 heavy (non-hydrogen) atoms. The van der Waals surface area contributed by atoms with Gasteiger partial charge in [0.05, 0.1) is 19.1 Å². The fourth-order valence-corrected chi connectivity index (χ4v) is 0.965. The predicted molar refractivity (Wildman–Crippen MR) is 60.0 cm³/mol. The van der Waals surface area contributed by atoms with E-state index < -0.39 is 0 Å². The highest BCUT2D eigenvalue weighted by atomic mass is 16.5. The molecular formula is C11H21NO4. The van der Waals surface area contributed by atoms with E-state index in [9.17, 15) is 9.59 Å². The van der Waals surface area contributed by atoms with Crippen LogP contribution in [0.15, 0.2) is 0 Å². The minimum atomic E-state index is -0.285. The summed E-state index contributed by atoms with van der Waals surface area (Å²) >= 11 is 0. The number of likely N-dealkylation sites (N-methyl/N-ethyl adjacent to an activating group) is 1. The highest BCUT2D eigenvalue weighted by Crippen LogP contribution is 1.95. The van der Waals surface area contributed by atoms with Crippen molar-refractivity contribution in [2.45, 2.75) is 33.3 Å². The smallest absolute Gasteiger partial charge is 0.307 e. The maximum atomic E-state index is 11.5. The number of carbonyl (C=O) groups is 2. The number of nitrogens with zero attached hydrogens (tertiary/aromatic N) is 1. The molecule has 0 atom stereocenters. The number of carbonyl (C=O) groups excluding carboxylic acids is 2. The van der Waals surface area contributed by atoms with Crippen molar-refractivity contribution in [2.24, 2.45) is 0 Å². The van der Waals surface area contributed by atoms with Crippen molar-refractivity contribution in [1.82, 2.24) is 4.90 Å². The van der Waals surface area contributed by atoms with Gasteiger partial charge in [-0.25, -0.2) is 0 Å². The zero-order valence-corrected chi connectivity index (χ0v) is 10.5. The number of ether oxygens (including phenoxy) is 2. The molecule has 0 spiro atoms. The first-order valence-electron chi connectivity index (χ1n) is 5.48. The fraction of sp³-hybridized carbons (Fsp3) is 0.818. The molecule has 0 aromatic carbocycles. The maximum absolute atomic E-state index is 11.5. The summed E-state index contributed by atoms with van der Waals surface area (Å²) in [5.41, 5.74) is 0. The number of amides is 1. The Morgan fingerprint density at radius 3 is 2.44 bits per heavy atom.